The molecule has 2 aromatic rings. The molecule has 21 heavy (non-hydrogen) atoms. The van der Waals surface area contributed by atoms with Gasteiger partial charge in [0.2, 0.25) is 0 Å². The van der Waals surface area contributed by atoms with Crippen molar-refractivity contribution >= 4 is 39.0 Å². The van der Waals surface area contributed by atoms with Gasteiger partial charge >= 0.3 is 0 Å². The van der Waals surface area contributed by atoms with Crippen LogP contribution in [0.5, 0.6) is 5.75 Å². The Morgan fingerprint density at radius 1 is 1.24 bits per heavy atom. The van der Waals surface area contributed by atoms with E-state index < -0.39 is 4.92 Å². The van der Waals surface area contributed by atoms with Gasteiger partial charge < -0.3 is 4.74 Å². The fourth-order valence-electron chi connectivity index (χ4n) is 1.60. The lowest BCUT2D eigenvalue weighted by Crippen LogP contribution is -2.11. The predicted molar refractivity (Wildman–Crippen MR) is 82.1 cm³/mol. The average Bonchev–Trinajstić information content (AvgIpc) is 2.45. The van der Waals surface area contributed by atoms with Crippen LogP contribution in [0.2, 0.25) is 5.02 Å². The molecule has 7 heteroatoms. The van der Waals surface area contributed by atoms with Gasteiger partial charge in [-0.2, -0.15) is 0 Å². The number of ketones is 1. The second kappa shape index (κ2) is 6.69. The number of carbonyl (C=O) groups excluding carboxylic acids is 1. The first-order valence-electron chi connectivity index (χ1n) is 5.82. The number of non-ortho nitro benzene ring substituents is 1. The zero-order chi connectivity index (χ0) is 15.4. The van der Waals surface area contributed by atoms with Crippen molar-refractivity contribution in [1.82, 2.24) is 0 Å². The Morgan fingerprint density at radius 3 is 2.52 bits per heavy atom. The van der Waals surface area contributed by atoms with Gasteiger partial charge in [-0.1, -0.05) is 27.5 Å². The molecule has 0 fully saturated rings. The van der Waals surface area contributed by atoms with Gasteiger partial charge in [0.25, 0.3) is 5.69 Å². The van der Waals surface area contributed by atoms with E-state index in [1.807, 2.05) is 0 Å². The fourth-order valence-corrected chi connectivity index (χ4v) is 2.19. The smallest absolute Gasteiger partial charge is 0.274 e. The average molecular weight is 371 g/mol. The number of nitrogens with zero attached hydrogens (tertiary/aromatic N) is 1. The maximum atomic E-state index is 11.9. The third kappa shape index (κ3) is 4.27. The number of Topliss-reactive ketones (excluding diaryl/α,β-unsaturated/α-hetero) is 1. The fraction of sp³-hybridized carbons (Fsp3) is 0.0714. The molecule has 0 atom stereocenters. The molecule has 0 N–H and O–H groups in total. The topological polar surface area (TPSA) is 69.4 Å². The molecule has 0 spiro atoms. The number of hydrogen-bond donors (Lipinski definition) is 0. The summed E-state index contributed by atoms with van der Waals surface area (Å²) in [5.41, 5.74) is 0.349. The minimum Gasteiger partial charge on any atom is -0.485 e. The molecule has 0 bridgehead atoms. The SMILES string of the molecule is O=C(COc1cc(Br)cc([N+](=O)[O-])c1)c1ccc(Cl)cc1. The Balaban J connectivity index is 2.07. The highest BCUT2D eigenvalue weighted by Gasteiger charge is 2.11. The van der Waals surface area contributed by atoms with Crippen molar-refractivity contribution in [3.8, 4) is 5.75 Å². The summed E-state index contributed by atoms with van der Waals surface area (Å²) < 4.78 is 5.81. The van der Waals surface area contributed by atoms with Crippen LogP contribution in [0.15, 0.2) is 46.9 Å². The Labute approximate surface area is 133 Å². The highest BCUT2D eigenvalue weighted by Crippen LogP contribution is 2.26. The van der Waals surface area contributed by atoms with Gasteiger partial charge in [-0.25, -0.2) is 0 Å². The minimum atomic E-state index is -0.529. The van der Waals surface area contributed by atoms with Crippen LogP contribution in [0, 0.1) is 10.1 Å². The van der Waals surface area contributed by atoms with Crippen LogP contribution in [0.25, 0.3) is 0 Å². The first kappa shape index (κ1) is 15.5. The quantitative estimate of drug-likeness (QED) is 0.448. The molecule has 0 heterocycles. The van der Waals surface area contributed by atoms with E-state index in [-0.39, 0.29) is 23.8 Å². The Bertz CT molecular complexity index is 688. The van der Waals surface area contributed by atoms with E-state index in [0.29, 0.717) is 15.1 Å². The van der Waals surface area contributed by atoms with Crippen LogP contribution in [0.3, 0.4) is 0 Å². The van der Waals surface area contributed by atoms with Crippen molar-refractivity contribution in [3.05, 3.63) is 67.6 Å². The number of nitro groups is 1. The van der Waals surface area contributed by atoms with Crippen molar-refractivity contribution in [2.75, 3.05) is 6.61 Å². The summed E-state index contributed by atoms with van der Waals surface area (Å²) in [5.74, 6) is 0.00711. The lowest BCUT2D eigenvalue weighted by molar-refractivity contribution is -0.385. The van der Waals surface area contributed by atoms with Crippen molar-refractivity contribution in [2.45, 2.75) is 0 Å². The molecule has 0 aliphatic rings. The van der Waals surface area contributed by atoms with E-state index in [4.69, 9.17) is 16.3 Å². The molecule has 0 unspecified atom stereocenters. The molecule has 0 amide bonds. The molecule has 108 valence electrons. The van der Waals surface area contributed by atoms with Crippen LogP contribution in [-0.2, 0) is 0 Å². The molecule has 0 aromatic heterocycles. The number of carbonyl (C=O) groups is 1. The van der Waals surface area contributed by atoms with Gasteiger partial charge in [-0.05, 0) is 30.3 Å². The maximum absolute atomic E-state index is 11.9. The van der Waals surface area contributed by atoms with Crippen LogP contribution in [0.1, 0.15) is 10.4 Å². The highest BCUT2D eigenvalue weighted by molar-refractivity contribution is 9.10. The van der Waals surface area contributed by atoms with E-state index in [9.17, 15) is 14.9 Å². The van der Waals surface area contributed by atoms with E-state index in [2.05, 4.69) is 15.9 Å². The minimum absolute atomic E-state index is 0.113. The summed E-state index contributed by atoms with van der Waals surface area (Å²) in [6, 6.07) is 10.6. The second-order valence-electron chi connectivity index (χ2n) is 4.12. The van der Waals surface area contributed by atoms with E-state index in [1.165, 1.54) is 12.1 Å². The largest absolute Gasteiger partial charge is 0.485 e. The summed E-state index contributed by atoms with van der Waals surface area (Å²) in [7, 11) is 0. The van der Waals surface area contributed by atoms with E-state index in [1.54, 1.807) is 30.3 Å². The van der Waals surface area contributed by atoms with Crippen molar-refractivity contribution in [2.24, 2.45) is 0 Å². The number of benzene rings is 2. The van der Waals surface area contributed by atoms with Crippen LogP contribution in [-0.4, -0.2) is 17.3 Å². The van der Waals surface area contributed by atoms with Gasteiger partial charge in [0, 0.05) is 21.1 Å². The Hall–Kier alpha value is -1.92. The summed E-state index contributed by atoms with van der Waals surface area (Å²) in [6.07, 6.45) is 0. The first-order chi connectivity index (χ1) is 9.95. The third-order valence-corrected chi connectivity index (χ3v) is 3.31. The molecular formula is C14H9BrClNO4. The van der Waals surface area contributed by atoms with Crippen molar-refractivity contribution in [3.63, 3.8) is 0 Å². The summed E-state index contributed by atoms with van der Waals surface area (Å²) >= 11 is 8.90. The Morgan fingerprint density at radius 2 is 1.90 bits per heavy atom. The molecule has 2 rings (SSSR count). The second-order valence-corrected chi connectivity index (χ2v) is 5.47. The number of hydrogen-bond acceptors (Lipinski definition) is 4. The number of rotatable bonds is 5. The molecule has 0 saturated heterocycles. The summed E-state index contributed by atoms with van der Waals surface area (Å²) in [6.45, 7) is -0.213. The molecule has 0 aliphatic carbocycles. The number of halogens is 2. The number of ether oxygens (including phenoxy) is 1. The maximum Gasteiger partial charge on any atom is 0.274 e. The summed E-state index contributed by atoms with van der Waals surface area (Å²) in [5, 5.41) is 11.3. The standard InChI is InChI=1S/C14H9BrClNO4/c15-10-5-12(17(19)20)7-13(6-10)21-8-14(18)9-1-3-11(16)4-2-9/h1-7H,8H2. The lowest BCUT2D eigenvalue weighted by atomic mass is 10.1. The monoisotopic (exact) mass is 369 g/mol. The molecular weight excluding hydrogens is 362 g/mol. The highest BCUT2D eigenvalue weighted by atomic mass is 79.9. The normalized spacial score (nSPS) is 10.2. The first-order valence-corrected chi connectivity index (χ1v) is 6.99. The van der Waals surface area contributed by atoms with Crippen molar-refractivity contribution < 1.29 is 14.5 Å². The third-order valence-electron chi connectivity index (χ3n) is 2.60. The van der Waals surface area contributed by atoms with Gasteiger partial charge in [0.05, 0.1) is 11.0 Å². The van der Waals surface area contributed by atoms with Crippen LogP contribution < -0.4 is 4.74 Å². The van der Waals surface area contributed by atoms with E-state index in [0.717, 1.165) is 0 Å². The van der Waals surface area contributed by atoms with Gasteiger partial charge in [0.1, 0.15) is 5.75 Å². The number of nitro benzene ring substituents is 1. The van der Waals surface area contributed by atoms with Gasteiger partial charge in [-0.15, -0.1) is 0 Å². The zero-order valence-electron chi connectivity index (χ0n) is 10.6. The predicted octanol–water partition coefficient (Wildman–Crippen LogP) is 4.27. The van der Waals surface area contributed by atoms with Gasteiger partial charge in [-0.3, -0.25) is 14.9 Å². The molecule has 0 radical (unpaired) electrons. The molecule has 2 aromatic carbocycles. The molecule has 0 aliphatic heterocycles. The Kier molecular flexibility index (Phi) is 4.93. The van der Waals surface area contributed by atoms with Gasteiger partial charge in [0.15, 0.2) is 12.4 Å². The zero-order valence-corrected chi connectivity index (χ0v) is 12.9. The molecule has 0 saturated carbocycles. The van der Waals surface area contributed by atoms with Crippen molar-refractivity contribution in [1.29, 1.82) is 0 Å². The van der Waals surface area contributed by atoms with Crippen LogP contribution in [0.4, 0.5) is 5.69 Å². The molecule has 5 nitrogen and oxygen atoms in total. The summed E-state index contributed by atoms with van der Waals surface area (Å²) in [4.78, 5) is 22.1. The lowest BCUT2D eigenvalue weighted by Gasteiger charge is -2.06. The van der Waals surface area contributed by atoms with Crippen LogP contribution >= 0.6 is 27.5 Å². The van der Waals surface area contributed by atoms with E-state index >= 15 is 0 Å².